The average molecular weight is 406 g/mol. The van der Waals surface area contributed by atoms with E-state index < -0.39 is 12.0 Å². The van der Waals surface area contributed by atoms with E-state index >= 15 is 0 Å². The lowest BCUT2D eigenvalue weighted by molar-refractivity contribution is -0.143. The van der Waals surface area contributed by atoms with Gasteiger partial charge in [-0.2, -0.15) is 5.26 Å². The second-order valence-electron chi connectivity index (χ2n) is 7.06. The number of nitriles is 1. The first-order valence-electron chi connectivity index (χ1n) is 9.77. The fourth-order valence-electron chi connectivity index (χ4n) is 3.89. The van der Waals surface area contributed by atoms with Gasteiger partial charge in [0, 0.05) is 61.2 Å². The molecule has 1 atom stereocenters. The fraction of sp³-hybridized carbons (Fsp3) is 0.333. The monoisotopic (exact) mass is 406 g/mol. The van der Waals surface area contributed by atoms with Crippen LogP contribution >= 0.6 is 0 Å². The van der Waals surface area contributed by atoms with Crippen molar-refractivity contribution in [3.8, 4) is 11.8 Å². The third-order valence-corrected chi connectivity index (χ3v) is 5.25. The lowest BCUT2D eigenvalue weighted by Crippen LogP contribution is -2.37. The maximum Gasteiger partial charge on any atom is 0.325 e. The molecule has 1 aliphatic rings. The molecule has 0 amide bonds. The Balaban J connectivity index is 1.60. The number of hydrogen-bond acceptors (Lipinski definition) is 7. The molecule has 1 aromatic carbocycles. The van der Waals surface area contributed by atoms with Gasteiger partial charge in [0.1, 0.15) is 17.9 Å². The lowest BCUT2D eigenvalue weighted by Gasteiger charge is -2.27. The number of carbonyl (C=O) groups is 1. The highest BCUT2D eigenvalue weighted by atomic mass is 16.5. The lowest BCUT2D eigenvalue weighted by atomic mass is 10.0. The summed E-state index contributed by atoms with van der Waals surface area (Å²) >= 11 is 0. The van der Waals surface area contributed by atoms with Crippen molar-refractivity contribution in [1.82, 2.24) is 19.9 Å². The van der Waals surface area contributed by atoms with E-state index in [-0.39, 0.29) is 6.61 Å². The molecule has 1 saturated heterocycles. The first-order valence-corrected chi connectivity index (χ1v) is 9.77. The number of nitrogens with one attached hydrogen (secondary N) is 1. The number of nitrogens with zero attached hydrogens (tertiary/aromatic N) is 5. The van der Waals surface area contributed by atoms with Crippen molar-refractivity contribution in [2.45, 2.75) is 12.5 Å². The van der Waals surface area contributed by atoms with Crippen LogP contribution in [0, 0.1) is 11.3 Å². The second-order valence-corrected chi connectivity index (χ2v) is 7.06. The summed E-state index contributed by atoms with van der Waals surface area (Å²) < 4.78 is 5.40. The molecule has 9 heteroatoms. The van der Waals surface area contributed by atoms with Crippen LogP contribution in [0.15, 0.2) is 42.9 Å². The summed E-state index contributed by atoms with van der Waals surface area (Å²) in [5.74, 6) is 0.304. The normalized spacial score (nSPS) is 16.0. The van der Waals surface area contributed by atoms with Crippen LogP contribution in [-0.4, -0.2) is 63.7 Å². The maximum atomic E-state index is 12.3. The highest BCUT2D eigenvalue weighted by Crippen LogP contribution is 2.32. The summed E-state index contributed by atoms with van der Waals surface area (Å²) in [6.07, 6.45) is 5.98. The van der Waals surface area contributed by atoms with Crippen LogP contribution in [0.4, 0.5) is 5.95 Å². The number of aromatic amines is 1. The zero-order chi connectivity index (χ0) is 20.9. The standard InChI is InChI=1S/C21H22N6O3/c22-5-12-30-15-3-4-18-16(13-15)17(14-25-18)19(20(28)29)26-8-2-9-27(11-10-26)21-23-6-1-7-24-21/h1,3-4,6-7,13-14,19,25H,2,8-12H2,(H,28,29)/t19-/m1/s1. The number of benzene rings is 1. The number of carboxylic acids is 1. The Hall–Kier alpha value is -3.64. The molecule has 0 unspecified atom stereocenters. The Morgan fingerprint density at radius 3 is 2.87 bits per heavy atom. The van der Waals surface area contributed by atoms with E-state index in [2.05, 4.69) is 19.9 Å². The largest absolute Gasteiger partial charge is 0.480 e. The van der Waals surface area contributed by atoms with Gasteiger partial charge in [-0.05, 0) is 30.7 Å². The third-order valence-electron chi connectivity index (χ3n) is 5.25. The van der Waals surface area contributed by atoms with Crippen LogP contribution in [-0.2, 0) is 4.79 Å². The Morgan fingerprint density at radius 2 is 2.10 bits per heavy atom. The van der Waals surface area contributed by atoms with E-state index in [1.807, 2.05) is 17.0 Å². The first-order chi connectivity index (χ1) is 14.7. The second kappa shape index (κ2) is 8.80. The summed E-state index contributed by atoms with van der Waals surface area (Å²) in [4.78, 5) is 28.1. The van der Waals surface area contributed by atoms with Crippen molar-refractivity contribution in [2.75, 3.05) is 37.7 Å². The first kappa shape index (κ1) is 19.7. The maximum absolute atomic E-state index is 12.3. The molecule has 1 fully saturated rings. The Bertz CT molecular complexity index is 1060. The molecule has 2 N–H and O–H groups in total. The predicted molar refractivity (Wildman–Crippen MR) is 110 cm³/mol. The number of H-pyrrole nitrogens is 1. The number of aliphatic carboxylic acids is 1. The van der Waals surface area contributed by atoms with Crippen molar-refractivity contribution in [3.05, 3.63) is 48.4 Å². The zero-order valence-electron chi connectivity index (χ0n) is 16.4. The Kier molecular flexibility index (Phi) is 5.77. The molecule has 2 aromatic heterocycles. The molecule has 3 heterocycles. The van der Waals surface area contributed by atoms with Gasteiger partial charge in [-0.1, -0.05) is 0 Å². The number of ether oxygens (including phenoxy) is 1. The molecule has 30 heavy (non-hydrogen) atoms. The van der Waals surface area contributed by atoms with Crippen LogP contribution in [0.1, 0.15) is 18.0 Å². The average Bonchev–Trinajstić information content (AvgIpc) is 3.01. The summed E-state index contributed by atoms with van der Waals surface area (Å²) in [5.41, 5.74) is 1.51. The van der Waals surface area contributed by atoms with Gasteiger partial charge >= 0.3 is 5.97 Å². The summed E-state index contributed by atoms with van der Waals surface area (Å²) in [7, 11) is 0. The molecule has 1 aliphatic heterocycles. The quantitative estimate of drug-likeness (QED) is 0.640. The van der Waals surface area contributed by atoms with Gasteiger partial charge in [0.2, 0.25) is 5.95 Å². The molecule has 3 aromatic rings. The summed E-state index contributed by atoms with van der Waals surface area (Å²) in [5, 5.41) is 19.6. The molecule has 0 spiro atoms. The van der Waals surface area contributed by atoms with Crippen molar-refractivity contribution in [3.63, 3.8) is 0 Å². The highest BCUT2D eigenvalue weighted by Gasteiger charge is 2.31. The zero-order valence-corrected chi connectivity index (χ0v) is 16.4. The molecule has 154 valence electrons. The molecule has 0 radical (unpaired) electrons. The molecule has 0 bridgehead atoms. The highest BCUT2D eigenvalue weighted by molar-refractivity contribution is 5.90. The fourth-order valence-corrected chi connectivity index (χ4v) is 3.89. The van der Waals surface area contributed by atoms with E-state index in [4.69, 9.17) is 10.00 Å². The predicted octanol–water partition coefficient (Wildman–Crippen LogP) is 2.20. The summed E-state index contributed by atoms with van der Waals surface area (Å²) in [6, 6.07) is 8.32. The van der Waals surface area contributed by atoms with Crippen molar-refractivity contribution in [2.24, 2.45) is 0 Å². The van der Waals surface area contributed by atoms with Crippen LogP contribution in [0.2, 0.25) is 0 Å². The molecule has 9 nitrogen and oxygen atoms in total. The minimum absolute atomic E-state index is 0.0584. The van der Waals surface area contributed by atoms with Crippen LogP contribution in [0.25, 0.3) is 10.9 Å². The number of carboxylic acid groups (broad SMARTS) is 1. The molecule has 0 aliphatic carbocycles. The summed E-state index contributed by atoms with van der Waals surface area (Å²) in [6.45, 7) is 2.58. The van der Waals surface area contributed by atoms with Gasteiger partial charge in [-0.3, -0.25) is 9.69 Å². The smallest absolute Gasteiger partial charge is 0.325 e. The van der Waals surface area contributed by atoms with Gasteiger partial charge in [-0.25, -0.2) is 9.97 Å². The Labute approximate surface area is 173 Å². The molecule has 0 saturated carbocycles. The minimum Gasteiger partial charge on any atom is -0.480 e. The van der Waals surface area contributed by atoms with Gasteiger partial charge in [0.25, 0.3) is 0 Å². The van der Waals surface area contributed by atoms with Gasteiger partial charge in [0.05, 0.1) is 0 Å². The van der Waals surface area contributed by atoms with Crippen molar-refractivity contribution < 1.29 is 14.6 Å². The van der Waals surface area contributed by atoms with E-state index in [1.54, 1.807) is 36.8 Å². The molecular weight excluding hydrogens is 384 g/mol. The SMILES string of the molecule is N#CCOc1ccc2[nH]cc([C@H](C(=O)O)N3CCCN(c4ncccn4)CC3)c2c1. The number of hydrogen-bond donors (Lipinski definition) is 2. The van der Waals surface area contributed by atoms with E-state index in [0.717, 1.165) is 23.9 Å². The van der Waals surface area contributed by atoms with Gasteiger partial charge in [-0.15, -0.1) is 0 Å². The van der Waals surface area contributed by atoms with Crippen LogP contribution < -0.4 is 9.64 Å². The van der Waals surface area contributed by atoms with E-state index in [1.165, 1.54) is 0 Å². The molecule has 4 rings (SSSR count). The van der Waals surface area contributed by atoms with Gasteiger partial charge in [0.15, 0.2) is 6.61 Å². The van der Waals surface area contributed by atoms with Crippen molar-refractivity contribution >= 4 is 22.8 Å². The van der Waals surface area contributed by atoms with E-state index in [9.17, 15) is 9.90 Å². The topological polar surface area (TPSA) is 118 Å². The minimum atomic E-state index is -0.899. The van der Waals surface area contributed by atoms with E-state index in [0.29, 0.717) is 36.9 Å². The van der Waals surface area contributed by atoms with Crippen LogP contribution in [0.5, 0.6) is 5.75 Å². The third kappa shape index (κ3) is 4.04. The molecular formula is C21H22N6O3. The number of rotatable bonds is 6. The number of aromatic nitrogens is 3. The number of anilines is 1. The Morgan fingerprint density at radius 1 is 1.27 bits per heavy atom. The van der Waals surface area contributed by atoms with Crippen LogP contribution in [0.3, 0.4) is 0 Å². The number of fused-ring (bicyclic) bond motifs is 1. The van der Waals surface area contributed by atoms with Crippen molar-refractivity contribution in [1.29, 1.82) is 5.26 Å². The van der Waals surface area contributed by atoms with Gasteiger partial charge < -0.3 is 19.7 Å².